The van der Waals surface area contributed by atoms with Crippen molar-refractivity contribution in [3.8, 4) is 0 Å². The highest BCUT2D eigenvalue weighted by Crippen LogP contribution is 2.32. The van der Waals surface area contributed by atoms with E-state index in [4.69, 9.17) is 31.8 Å². The van der Waals surface area contributed by atoms with Gasteiger partial charge in [-0.1, -0.05) is 15.3 Å². The summed E-state index contributed by atoms with van der Waals surface area (Å²) in [5.74, 6) is 0. The standard InChI is InChI=1S/C13H22N10O5/c1-4(14)8-3-7(24)9(20-23-17)13(27-8)28-12-6(19-22-16)2-5(18-21-15)10(25)11(12)26/h4-13,24-26H,2-3,14H2,1H3/t4?,5-,6?,7?,8?,9?,10-,11?,12-,13-/m1/s1. The van der Waals surface area contributed by atoms with Crippen LogP contribution >= 0.6 is 0 Å². The smallest absolute Gasteiger partial charge is 0.169 e. The average Bonchev–Trinajstić information content (AvgIpc) is 2.65. The second-order valence-corrected chi connectivity index (χ2v) is 6.76. The molecule has 15 heteroatoms. The number of nitrogens with two attached hydrogens (primary N) is 1. The van der Waals surface area contributed by atoms with Crippen LogP contribution in [0.5, 0.6) is 0 Å². The molecule has 1 aliphatic carbocycles. The molecule has 0 radical (unpaired) electrons. The summed E-state index contributed by atoms with van der Waals surface area (Å²) in [6.07, 6.45) is -7.38. The summed E-state index contributed by atoms with van der Waals surface area (Å²) in [6.45, 7) is 1.66. The summed E-state index contributed by atoms with van der Waals surface area (Å²) >= 11 is 0. The van der Waals surface area contributed by atoms with Crippen LogP contribution in [-0.2, 0) is 9.47 Å². The van der Waals surface area contributed by atoms with Crippen molar-refractivity contribution in [1.29, 1.82) is 0 Å². The van der Waals surface area contributed by atoms with Crippen LogP contribution in [0.25, 0.3) is 31.3 Å². The lowest BCUT2D eigenvalue weighted by Crippen LogP contribution is -2.60. The third-order valence-corrected chi connectivity index (χ3v) is 4.86. The molecular weight excluding hydrogens is 376 g/mol. The Morgan fingerprint density at radius 1 is 1.00 bits per heavy atom. The van der Waals surface area contributed by atoms with Gasteiger partial charge in [0.1, 0.15) is 12.1 Å². The molecule has 154 valence electrons. The first-order valence-electron chi connectivity index (χ1n) is 8.57. The number of aliphatic hydroxyl groups excluding tert-OH is 3. The van der Waals surface area contributed by atoms with Gasteiger partial charge >= 0.3 is 0 Å². The molecule has 0 spiro atoms. The molecule has 0 aromatic carbocycles. The number of nitrogens with zero attached hydrogens (tertiary/aromatic N) is 9. The predicted molar refractivity (Wildman–Crippen MR) is 93.2 cm³/mol. The molecule has 2 fully saturated rings. The van der Waals surface area contributed by atoms with Crippen LogP contribution in [0.15, 0.2) is 15.3 Å². The summed E-state index contributed by atoms with van der Waals surface area (Å²) in [7, 11) is 0. The second kappa shape index (κ2) is 9.75. The summed E-state index contributed by atoms with van der Waals surface area (Å²) in [6, 6.07) is -3.66. The number of azide groups is 3. The van der Waals surface area contributed by atoms with E-state index in [1.165, 1.54) is 0 Å². The van der Waals surface area contributed by atoms with E-state index in [2.05, 4.69) is 30.1 Å². The van der Waals surface area contributed by atoms with Crippen molar-refractivity contribution in [1.82, 2.24) is 0 Å². The van der Waals surface area contributed by atoms with Crippen LogP contribution in [-0.4, -0.2) is 76.3 Å². The topological polar surface area (TPSA) is 251 Å². The van der Waals surface area contributed by atoms with Gasteiger partial charge in [-0.15, -0.1) is 0 Å². The van der Waals surface area contributed by atoms with Gasteiger partial charge in [0.25, 0.3) is 0 Å². The first-order valence-corrected chi connectivity index (χ1v) is 8.57. The van der Waals surface area contributed by atoms with Crippen LogP contribution < -0.4 is 5.73 Å². The van der Waals surface area contributed by atoms with Gasteiger partial charge in [-0.3, -0.25) is 0 Å². The van der Waals surface area contributed by atoms with Gasteiger partial charge in [0.05, 0.1) is 36.5 Å². The van der Waals surface area contributed by atoms with Gasteiger partial charge < -0.3 is 30.5 Å². The van der Waals surface area contributed by atoms with E-state index in [0.717, 1.165) is 0 Å². The molecular formula is C13H22N10O5. The van der Waals surface area contributed by atoms with Crippen molar-refractivity contribution in [2.75, 3.05) is 0 Å². The van der Waals surface area contributed by atoms with E-state index in [1.54, 1.807) is 6.92 Å². The number of rotatable bonds is 6. The summed E-state index contributed by atoms with van der Waals surface area (Å²) < 4.78 is 11.4. The predicted octanol–water partition coefficient (Wildman–Crippen LogP) is 0.357. The van der Waals surface area contributed by atoms with Gasteiger partial charge in [0, 0.05) is 27.2 Å². The minimum absolute atomic E-state index is 0.0881. The van der Waals surface area contributed by atoms with E-state index in [1.807, 2.05) is 0 Å². The Balaban J connectivity index is 2.30. The maximum Gasteiger partial charge on any atom is 0.169 e. The Labute approximate surface area is 158 Å². The van der Waals surface area contributed by atoms with E-state index in [9.17, 15) is 15.3 Å². The Hall–Kier alpha value is -2.31. The van der Waals surface area contributed by atoms with Crippen LogP contribution in [0.2, 0.25) is 0 Å². The molecule has 2 rings (SSSR count). The van der Waals surface area contributed by atoms with E-state index in [0.29, 0.717) is 0 Å². The third-order valence-electron chi connectivity index (χ3n) is 4.86. The van der Waals surface area contributed by atoms with Crippen molar-refractivity contribution in [3.05, 3.63) is 31.3 Å². The van der Waals surface area contributed by atoms with E-state index in [-0.39, 0.29) is 12.8 Å². The quantitative estimate of drug-likeness (QED) is 0.279. The average molecular weight is 398 g/mol. The fourth-order valence-electron chi connectivity index (χ4n) is 3.37. The molecule has 1 heterocycles. The number of aliphatic hydroxyl groups is 3. The molecule has 0 aromatic heterocycles. The normalized spacial score (nSPS) is 41.7. The molecule has 0 amide bonds. The molecule has 1 saturated heterocycles. The molecule has 1 saturated carbocycles. The zero-order valence-corrected chi connectivity index (χ0v) is 14.9. The van der Waals surface area contributed by atoms with E-state index < -0.39 is 61.0 Å². The molecule has 5 N–H and O–H groups in total. The maximum absolute atomic E-state index is 10.4. The van der Waals surface area contributed by atoms with Gasteiger partial charge in [-0.2, -0.15) is 0 Å². The lowest BCUT2D eigenvalue weighted by Gasteiger charge is -2.44. The first-order chi connectivity index (χ1) is 13.3. The van der Waals surface area contributed by atoms with Gasteiger partial charge in [-0.05, 0) is 29.9 Å². The third kappa shape index (κ3) is 4.75. The second-order valence-electron chi connectivity index (χ2n) is 6.76. The largest absolute Gasteiger partial charge is 0.392 e. The molecule has 2 aliphatic rings. The minimum atomic E-state index is -1.59. The Morgan fingerprint density at radius 3 is 2.18 bits per heavy atom. The first kappa shape index (κ1) is 22.0. The van der Waals surface area contributed by atoms with Gasteiger partial charge in [-0.25, -0.2) is 0 Å². The monoisotopic (exact) mass is 398 g/mol. The maximum atomic E-state index is 10.4. The summed E-state index contributed by atoms with van der Waals surface area (Å²) in [5.41, 5.74) is 32.0. The van der Waals surface area contributed by atoms with Crippen LogP contribution in [0.3, 0.4) is 0 Å². The zero-order valence-electron chi connectivity index (χ0n) is 14.9. The van der Waals surface area contributed by atoms with Crippen LogP contribution in [0, 0.1) is 0 Å². The Bertz CT molecular complexity index is 689. The fourth-order valence-corrected chi connectivity index (χ4v) is 3.37. The molecule has 15 nitrogen and oxygen atoms in total. The molecule has 10 atom stereocenters. The Morgan fingerprint density at radius 2 is 1.61 bits per heavy atom. The highest BCUT2D eigenvalue weighted by atomic mass is 16.7. The number of hydrogen-bond donors (Lipinski definition) is 4. The summed E-state index contributed by atoms with van der Waals surface area (Å²) in [5, 5.41) is 41.4. The van der Waals surface area contributed by atoms with E-state index >= 15 is 0 Å². The van der Waals surface area contributed by atoms with Crippen molar-refractivity contribution in [3.63, 3.8) is 0 Å². The zero-order chi connectivity index (χ0) is 20.8. The van der Waals surface area contributed by atoms with Crippen molar-refractivity contribution in [2.45, 2.75) is 80.7 Å². The number of hydrogen-bond acceptors (Lipinski definition) is 9. The fraction of sp³-hybridized carbons (Fsp3) is 1.00. The summed E-state index contributed by atoms with van der Waals surface area (Å²) in [4.78, 5) is 7.98. The SMILES string of the molecule is CC(N)C1CC(O)C(N=[N+]=[N-])[C@@H](O[C@@H]2C(N=[N+]=[N-])C[C@@H](N=[N+]=[N-])[C@@H](O)C2O)O1. The van der Waals surface area contributed by atoms with Crippen molar-refractivity contribution in [2.24, 2.45) is 21.1 Å². The van der Waals surface area contributed by atoms with Gasteiger partial charge in [0.2, 0.25) is 0 Å². The Kier molecular flexibility index (Phi) is 7.66. The minimum Gasteiger partial charge on any atom is -0.392 e. The molecule has 0 aromatic rings. The highest BCUT2D eigenvalue weighted by Gasteiger charge is 2.48. The molecule has 6 unspecified atom stereocenters. The molecule has 0 bridgehead atoms. The van der Waals surface area contributed by atoms with Crippen molar-refractivity contribution < 1.29 is 24.8 Å². The lowest BCUT2D eigenvalue weighted by atomic mass is 9.84. The van der Waals surface area contributed by atoms with Gasteiger partial charge in [0.15, 0.2) is 6.29 Å². The highest BCUT2D eigenvalue weighted by molar-refractivity contribution is 5.01. The van der Waals surface area contributed by atoms with Crippen LogP contribution in [0.1, 0.15) is 19.8 Å². The molecule has 1 aliphatic heterocycles. The number of ether oxygens (including phenoxy) is 2. The lowest BCUT2D eigenvalue weighted by molar-refractivity contribution is -0.269. The van der Waals surface area contributed by atoms with Crippen molar-refractivity contribution >= 4 is 0 Å². The van der Waals surface area contributed by atoms with Crippen LogP contribution in [0.4, 0.5) is 0 Å². The molecule has 28 heavy (non-hydrogen) atoms.